The molecule has 0 amide bonds. The Morgan fingerprint density at radius 2 is 1.62 bits per heavy atom. The molecule has 0 fully saturated rings. The first kappa shape index (κ1) is 7.88. The van der Waals surface area contributed by atoms with Crippen LogP contribution in [0.1, 0.15) is 0 Å². The van der Waals surface area contributed by atoms with Crippen LogP contribution in [0.3, 0.4) is 0 Å². The summed E-state index contributed by atoms with van der Waals surface area (Å²) in [5.41, 5.74) is 5.57. The van der Waals surface area contributed by atoms with Gasteiger partial charge in [0.25, 0.3) is 0 Å². The van der Waals surface area contributed by atoms with Crippen LogP contribution in [0.4, 0.5) is 0 Å². The molecule has 0 aliphatic heterocycles. The minimum atomic E-state index is 0.241. The van der Waals surface area contributed by atoms with Gasteiger partial charge in [0.1, 0.15) is 0 Å². The molecule has 0 spiro atoms. The van der Waals surface area contributed by atoms with Gasteiger partial charge in [0.2, 0.25) is 0 Å². The van der Waals surface area contributed by atoms with Gasteiger partial charge in [-0.15, -0.1) is 0 Å². The predicted molar refractivity (Wildman–Crippen MR) is 35.8 cm³/mol. The van der Waals surface area contributed by atoms with E-state index >= 15 is 0 Å². The largest absolute Gasteiger partial charge is 0.326 e. The highest BCUT2D eigenvalue weighted by molar-refractivity contribution is 4.63. The number of nitrogens with two attached hydrogens (primary N) is 1. The molecule has 0 heterocycles. The Labute approximate surface area is 50.6 Å². The lowest BCUT2D eigenvalue weighted by atomic mass is 10.3. The van der Waals surface area contributed by atoms with E-state index in [1.54, 1.807) is 0 Å². The molecular weight excluding hydrogens is 102 g/mol. The molecule has 0 saturated carbocycles. The average molecular weight is 117 g/mol. The quantitative estimate of drug-likeness (QED) is 0.431. The van der Waals surface area contributed by atoms with Crippen molar-refractivity contribution in [3.63, 3.8) is 0 Å². The van der Waals surface area contributed by atoms with Gasteiger partial charge in [-0.05, 0) is 14.1 Å². The number of likely N-dealkylation sites (N-methyl/N-ethyl adjacent to an activating group) is 2. The summed E-state index contributed by atoms with van der Waals surface area (Å²) in [6, 6.07) is 0.241. The second-order valence-corrected chi connectivity index (χ2v) is 1.88. The molecule has 0 unspecified atom stereocenters. The molecule has 0 aromatic rings. The molecule has 0 aromatic heterocycles. The Kier molecular flexibility index (Phi) is 4.95. The maximum absolute atomic E-state index is 5.57. The lowest BCUT2D eigenvalue weighted by Crippen LogP contribution is -2.39. The van der Waals surface area contributed by atoms with Gasteiger partial charge in [-0.3, -0.25) is 0 Å². The lowest BCUT2D eigenvalue weighted by molar-refractivity contribution is 0.583. The first-order chi connectivity index (χ1) is 3.81. The summed E-state index contributed by atoms with van der Waals surface area (Å²) in [7, 11) is 3.80. The van der Waals surface area contributed by atoms with Crippen LogP contribution in [-0.2, 0) is 0 Å². The number of rotatable bonds is 4. The topological polar surface area (TPSA) is 50.1 Å². The normalized spacial score (nSPS) is 10.5. The molecule has 0 atom stereocenters. The van der Waals surface area contributed by atoms with Crippen LogP contribution in [0.5, 0.6) is 0 Å². The smallest absolute Gasteiger partial charge is 0.0292 e. The fourth-order valence-electron chi connectivity index (χ4n) is 0.597. The highest BCUT2D eigenvalue weighted by Crippen LogP contribution is 1.67. The van der Waals surface area contributed by atoms with E-state index in [0.717, 1.165) is 13.1 Å². The summed E-state index contributed by atoms with van der Waals surface area (Å²) >= 11 is 0. The van der Waals surface area contributed by atoms with Crippen molar-refractivity contribution in [2.24, 2.45) is 5.73 Å². The van der Waals surface area contributed by atoms with Gasteiger partial charge in [-0.2, -0.15) is 0 Å². The molecule has 0 bridgehead atoms. The van der Waals surface area contributed by atoms with Crippen LogP contribution < -0.4 is 16.4 Å². The van der Waals surface area contributed by atoms with Gasteiger partial charge in [0.15, 0.2) is 0 Å². The van der Waals surface area contributed by atoms with E-state index in [1.165, 1.54) is 0 Å². The van der Waals surface area contributed by atoms with Gasteiger partial charge in [-0.1, -0.05) is 0 Å². The van der Waals surface area contributed by atoms with Crippen molar-refractivity contribution in [1.82, 2.24) is 10.6 Å². The van der Waals surface area contributed by atoms with Crippen molar-refractivity contribution in [2.45, 2.75) is 6.04 Å². The van der Waals surface area contributed by atoms with E-state index < -0.39 is 0 Å². The Morgan fingerprint density at radius 3 is 1.88 bits per heavy atom. The maximum Gasteiger partial charge on any atom is 0.0292 e. The third-order valence-corrected chi connectivity index (χ3v) is 0.933. The molecule has 50 valence electrons. The van der Waals surface area contributed by atoms with Crippen molar-refractivity contribution in [3.05, 3.63) is 0 Å². The Hall–Kier alpha value is -0.120. The first-order valence-corrected chi connectivity index (χ1v) is 2.86. The average Bonchev–Trinajstić information content (AvgIpc) is 1.68. The first-order valence-electron chi connectivity index (χ1n) is 2.86. The minimum absolute atomic E-state index is 0.241. The van der Waals surface area contributed by atoms with Crippen molar-refractivity contribution >= 4 is 0 Å². The summed E-state index contributed by atoms with van der Waals surface area (Å²) < 4.78 is 0. The lowest BCUT2D eigenvalue weighted by Gasteiger charge is -2.08. The number of hydrogen-bond acceptors (Lipinski definition) is 3. The Morgan fingerprint density at radius 1 is 1.25 bits per heavy atom. The third-order valence-electron chi connectivity index (χ3n) is 0.933. The molecular formula is C5H15N3. The molecule has 8 heavy (non-hydrogen) atoms. The fraction of sp³-hybridized carbons (Fsp3) is 1.00. The minimum Gasteiger partial charge on any atom is -0.326 e. The van der Waals surface area contributed by atoms with E-state index in [9.17, 15) is 0 Å². The van der Waals surface area contributed by atoms with Crippen LogP contribution >= 0.6 is 0 Å². The molecule has 3 heteroatoms. The molecule has 0 radical (unpaired) electrons. The third kappa shape index (κ3) is 4.05. The molecule has 0 aromatic carbocycles. The zero-order valence-corrected chi connectivity index (χ0v) is 5.57. The van der Waals surface area contributed by atoms with Crippen LogP contribution in [0.15, 0.2) is 0 Å². The van der Waals surface area contributed by atoms with E-state index in [2.05, 4.69) is 10.6 Å². The second-order valence-electron chi connectivity index (χ2n) is 1.88. The monoisotopic (exact) mass is 117 g/mol. The summed E-state index contributed by atoms with van der Waals surface area (Å²) in [6.07, 6.45) is 0. The molecule has 0 aliphatic rings. The SMILES string of the molecule is CNCC(N)CNC. The molecule has 3 nitrogen and oxygen atoms in total. The number of hydrogen-bond donors (Lipinski definition) is 3. The highest BCUT2D eigenvalue weighted by Gasteiger charge is 1.95. The molecule has 4 N–H and O–H groups in total. The highest BCUT2D eigenvalue weighted by atomic mass is 14.9. The standard InChI is InChI=1S/C5H15N3/c1-7-3-5(6)4-8-2/h5,7-8H,3-4,6H2,1-2H3. The van der Waals surface area contributed by atoms with Crippen LogP contribution in [0.2, 0.25) is 0 Å². The predicted octanol–water partition coefficient (Wildman–Crippen LogP) is -1.25. The Bertz CT molecular complexity index is 40.9. The van der Waals surface area contributed by atoms with Crippen molar-refractivity contribution in [1.29, 1.82) is 0 Å². The van der Waals surface area contributed by atoms with Crippen molar-refractivity contribution in [3.8, 4) is 0 Å². The van der Waals surface area contributed by atoms with E-state index in [4.69, 9.17) is 5.73 Å². The zero-order chi connectivity index (χ0) is 6.41. The van der Waals surface area contributed by atoms with E-state index in [0.29, 0.717) is 0 Å². The fourth-order valence-corrected chi connectivity index (χ4v) is 0.597. The van der Waals surface area contributed by atoms with Crippen molar-refractivity contribution < 1.29 is 0 Å². The summed E-state index contributed by atoms with van der Waals surface area (Å²) in [5.74, 6) is 0. The van der Waals surface area contributed by atoms with Gasteiger partial charge < -0.3 is 16.4 Å². The molecule has 0 aliphatic carbocycles. The summed E-state index contributed by atoms with van der Waals surface area (Å²) in [5, 5.41) is 5.97. The van der Waals surface area contributed by atoms with Crippen LogP contribution in [-0.4, -0.2) is 33.2 Å². The van der Waals surface area contributed by atoms with Gasteiger partial charge >= 0.3 is 0 Å². The molecule has 0 saturated heterocycles. The Balaban J connectivity index is 2.92. The van der Waals surface area contributed by atoms with E-state index in [-0.39, 0.29) is 6.04 Å². The van der Waals surface area contributed by atoms with Gasteiger partial charge in [0, 0.05) is 19.1 Å². The van der Waals surface area contributed by atoms with Crippen LogP contribution in [0, 0.1) is 0 Å². The van der Waals surface area contributed by atoms with Gasteiger partial charge in [0.05, 0.1) is 0 Å². The van der Waals surface area contributed by atoms with Crippen molar-refractivity contribution in [2.75, 3.05) is 27.2 Å². The van der Waals surface area contributed by atoms with E-state index in [1.807, 2.05) is 14.1 Å². The zero-order valence-electron chi connectivity index (χ0n) is 5.57. The number of nitrogens with one attached hydrogen (secondary N) is 2. The summed E-state index contributed by atoms with van der Waals surface area (Å²) in [4.78, 5) is 0. The van der Waals surface area contributed by atoms with Gasteiger partial charge in [-0.25, -0.2) is 0 Å². The molecule has 0 rings (SSSR count). The maximum atomic E-state index is 5.57. The second kappa shape index (κ2) is 5.03. The summed E-state index contributed by atoms with van der Waals surface area (Å²) in [6.45, 7) is 1.75. The van der Waals surface area contributed by atoms with Crippen LogP contribution in [0.25, 0.3) is 0 Å².